The molecule has 0 bridgehead atoms. The first kappa shape index (κ1) is 23.7. The number of benzene rings is 3. The number of rotatable bonds is 6. The van der Waals surface area contributed by atoms with E-state index in [1.165, 1.54) is 26.2 Å². The Balaban J connectivity index is 1.77. The lowest BCUT2D eigenvalue weighted by Crippen LogP contribution is -2.45. The second kappa shape index (κ2) is 8.70. The molecule has 1 atom stereocenters. The van der Waals surface area contributed by atoms with E-state index in [0.29, 0.717) is 16.7 Å². The van der Waals surface area contributed by atoms with E-state index >= 15 is 0 Å². The van der Waals surface area contributed by atoms with Crippen molar-refractivity contribution in [2.45, 2.75) is 30.8 Å². The Bertz CT molecular complexity index is 1370. The summed E-state index contributed by atoms with van der Waals surface area (Å²) in [7, 11) is -0.737. The highest BCUT2D eigenvalue weighted by Gasteiger charge is 2.53. The lowest BCUT2D eigenvalue weighted by molar-refractivity contribution is -0.130. The molecule has 0 aromatic heterocycles. The van der Waals surface area contributed by atoms with E-state index in [1.807, 2.05) is 62.4 Å². The second-order valence-electron chi connectivity index (χ2n) is 8.67. The molecule has 7 nitrogen and oxygen atoms in total. The summed E-state index contributed by atoms with van der Waals surface area (Å²) in [6.07, 6.45) is 0. The molecule has 0 saturated carbocycles. The minimum absolute atomic E-state index is 0.0547. The number of hydrogen-bond acceptors (Lipinski definition) is 4. The van der Waals surface area contributed by atoms with Crippen molar-refractivity contribution in [3.63, 3.8) is 0 Å². The number of nitrogens with one attached hydrogen (secondary N) is 1. The normalized spacial score (nSPS) is 18.4. The first-order valence-electron chi connectivity index (χ1n) is 10.9. The molecule has 4 rings (SSSR count). The van der Waals surface area contributed by atoms with Crippen molar-refractivity contribution in [2.24, 2.45) is 0 Å². The van der Waals surface area contributed by atoms with E-state index in [9.17, 15) is 18.0 Å². The van der Waals surface area contributed by atoms with Gasteiger partial charge in [-0.3, -0.25) is 9.69 Å². The fourth-order valence-electron chi connectivity index (χ4n) is 4.14. The molecule has 1 aliphatic heterocycles. The summed E-state index contributed by atoms with van der Waals surface area (Å²) in [5.41, 5.74) is 2.59. The van der Waals surface area contributed by atoms with E-state index in [4.69, 9.17) is 0 Å². The van der Waals surface area contributed by atoms with Crippen LogP contribution < -0.4 is 5.32 Å². The maximum absolute atomic E-state index is 13.9. The zero-order valence-electron chi connectivity index (χ0n) is 19.6. The van der Waals surface area contributed by atoms with E-state index in [0.717, 1.165) is 20.3 Å². The van der Waals surface area contributed by atoms with Crippen LogP contribution in [0.2, 0.25) is 0 Å². The molecule has 3 aromatic carbocycles. The van der Waals surface area contributed by atoms with Crippen LogP contribution in [-0.2, 0) is 26.9 Å². The zero-order valence-corrected chi connectivity index (χ0v) is 20.4. The Hall–Kier alpha value is -3.49. The van der Waals surface area contributed by atoms with Gasteiger partial charge in [0.15, 0.2) is 5.54 Å². The lowest BCUT2D eigenvalue weighted by atomic mass is 9.81. The largest absolute Gasteiger partial charge is 0.325 e. The van der Waals surface area contributed by atoms with Crippen molar-refractivity contribution in [1.82, 2.24) is 14.5 Å². The number of sulfonamides is 1. The summed E-state index contributed by atoms with van der Waals surface area (Å²) < 4.78 is 26.2. The molecule has 0 aliphatic carbocycles. The van der Waals surface area contributed by atoms with Crippen molar-refractivity contribution in [1.29, 1.82) is 0 Å². The molecular formula is C26H27N3O4S. The summed E-state index contributed by atoms with van der Waals surface area (Å²) in [5, 5.41) is 2.94. The van der Waals surface area contributed by atoms with Gasteiger partial charge in [0, 0.05) is 14.1 Å². The molecule has 1 heterocycles. The van der Waals surface area contributed by atoms with E-state index in [1.54, 1.807) is 12.1 Å². The number of aryl methyl sites for hydroxylation is 2. The van der Waals surface area contributed by atoms with Gasteiger partial charge in [0.1, 0.15) is 0 Å². The molecule has 1 N–H and O–H groups in total. The average molecular weight is 478 g/mol. The van der Waals surface area contributed by atoms with Gasteiger partial charge in [0.2, 0.25) is 10.0 Å². The van der Waals surface area contributed by atoms with Gasteiger partial charge in [-0.15, -0.1) is 0 Å². The Morgan fingerprint density at radius 3 is 2.21 bits per heavy atom. The van der Waals surface area contributed by atoms with Crippen molar-refractivity contribution >= 4 is 22.0 Å². The third-order valence-electron chi connectivity index (χ3n) is 6.27. The van der Waals surface area contributed by atoms with Crippen molar-refractivity contribution in [3.8, 4) is 0 Å². The number of amides is 3. The quantitative estimate of drug-likeness (QED) is 0.550. The van der Waals surface area contributed by atoms with Gasteiger partial charge in [0.25, 0.3) is 5.91 Å². The number of carbonyl (C=O) groups is 2. The standard InChI is InChI=1S/C26H27N3O4S/c1-18-13-14-22(15-19(18)2)26(21-10-6-5-7-11-21)24(30)29(25(31)27-26)17-20-9-8-12-23(16-20)34(32,33)28(3)4/h5-16H,17H2,1-4H3,(H,27,31). The third-order valence-corrected chi connectivity index (χ3v) is 8.08. The minimum atomic E-state index is -3.65. The van der Waals surface area contributed by atoms with Crippen LogP contribution in [-0.4, -0.2) is 43.7 Å². The van der Waals surface area contributed by atoms with E-state index in [-0.39, 0.29) is 11.4 Å². The van der Waals surface area contributed by atoms with Gasteiger partial charge >= 0.3 is 6.03 Å². The van der Waals surface area contributed by atoms with E-state index < -0.39 is 27.5 Å². The lowest BCUT2D eigenvalue weighted by Gasteiger charge is -2.28. The van der Waals surface area contributed by atoms with Gasteiger partial charge in [-0.25, -0.2) is 17.5 Å². The summed E-state index contributed by atoms with van der Waals surface area (Å²) in [6, 6.07) is 20.6. The van der Waals surface area contributed by atoms with Crippen LogP contribution in [0.5, 0.6) is 0 Å². The Morgan fingerprint density at radius 1 is 0.853 bits per heavy atom. The van der Waals surface area contributed by atoms with Crippen LogP contribution >= 0.6 is 0 Å². The predicted molar refractivity (Wildman–Crippen MR) is 130 cm³/mol. The number of nitrogens with zero attached hydrogens (tertiary/aromatic N) is 2. The molecule has 1 unspecified atom stereocenters. The number of urea groups is 1. The van der Waals surface area contributed by atoms with Crippen LogP contribution in [0.4, 0.5) is 4.79 Å². The van der Waals surface area contributed by atoms with Crippen LogP contribution in [0.3, 0.4) is 0 Å². The molecule has 1 aliphatic rings. The highest BCUT2D eigenvalue weighted by atomic mass is 32.2. The average Bonchev–Trinajstić information content (AvgIpc) is 3.07. The van der Waals surface area contributed by atoms with Gasteiger partial charge in [-0.1, -0.05) is 60.7 Å². The van der Waals surface area contributed by atoms with Crippen molar-refractivity contribution in [3.05, 3.63) is 101 Å². The summed E-state index contributed by atoms with van der Waals surface area (Å²) in [4.78, 5) is 28.4. The summed E-state index contributed by atoms with van der Waals surface area (Å²) >= 11 is 0. The maximum atomic E-state index is 13.9. The molecule has 176 valence electrons. The summed E-state index contributed by atoms with van der Waals surface area (Å²) in [5.74, 6) is -0.409. The molecular weight excluding hydrogens is 450 g/mol. The monoisotopic (exact) mass is 477 g/mol. The Morgan fingerprint density at radius 2 is 1.56 bits per heavy atom. The Labute approximate surface area is 200 Å². The first-order chi connectivity index (χ1) is 16.1. The highest BCUT2D eigenvalue weighted by molar-refractivity contribution is 7.89. The molecule has 0 radical (unpaired) electrons. The molecule has 1 saturated heterocycles. The molecule has 8 heteroatoms. The molecule has 1 fully saturated rings. The van der Waals surface area contributed by atoms with Crippen LogP contribution in [0.1, 0.15) is 27.8 Å². The minimum Gasteiger partial charge on any atom is -0.315 e. The number of imide groups is 1. The topological polar surface area (TPSA) is 86.8 Å². The van der Waals surface area contributed by atoms with Gasteiger partial charge < -0.3 is 5.32 Å². The molecule has 0 spiro atoms. The van der Waals surface area contributed by atoms with Crippen LogP contribution in [0.15, 0.2) is 77.7 Å². The molecule has 3 amide bonds. The summed E-state index contributed by atoms with van der Waals surface area (Å²) in [6.45, 7) is 3.90. The third kappa shape index (κ3) is 3.89. The molecule has 34 heavy (non-hydrogen) atoms. The highest BCUT2D eigenvalue weighted by Crippen LogP contribution is 2.37. The van der Waals surface area contributed by atoms with Crippen molar-refractivity contribution < 1.29 is 18.0 Å². The Kier molecular flexibility index (Phi) is 6.05. The van der Waals surface area contributed by atoms with E-state index in [2.05, 4.69) is 5.32 Å². The van der Waals surface area contributed by atoms with Crippen LogP contribution in [0, 0.1) is 13.8 Å². The first-order valence-corrected chi connectivity index (χ1v) is 12.3. The van der Waals surface area contributed by atoms with Gasteiger partial charge in [0.05, 0.1) is 11.4 Å². The molecule has 3 aromatic rings. The number of hydrogen-bond donors (Lipinski definition) is 1. The van der Waals surface area contributed by atoms with Gasteiger partial charge in [-0.05, 0) is 53.8 Å². The SMILES string of the molecule is Cc1ccc(C2(c3ccccc3)NC(=O)N(Cc3cccc(S(=O)(=O)N(C)C)c3)C2=O)cc1C. The zero-order chi connectivity index (χ0) is 24.7. The van der Waals surface area contributed by atoms with Crippen LogP contribution in [0.25, 0.3) is 0 Å². The number of carbonyl (C=O) groups excluding carboxylic acids is 2. The van der Waals surface area contributed by atoms with Gasteiger partial charge in [-0.2, -0.15) is 0 Å². The predicted octanol–water partition coefficient (Wildman–Crippen LogP) is 3.55. The maximum Gasteiger partial charge on any atom is 0.325 e. The second-order valence-corrected chi connectivity index (χ2v) is 10.8. The smallest absolute Gasteiger partial charge is 0.315 e. The fourth-order valence-corrected chi connectivity index (χ4v) is 5.11. The van der Waals surface area contributed by atoms with Crippen molar-refractivity contribution in [2.75, 3.05) is 14.1 Å². The fraction of sp³-hybridized carbons (Fsp3) is 0.231.